The molecule has 1 heterocycles. The molecular formula is C14H13N3O2S. The third-order valence-corrected chi connectivity index (χ3v) is 3.27. The first-order chi connectivity index (χ1) is 9.56. The third-order valence-electron chi connectivity index (χ3n) is 3.05. The molecule has 5 nitrogen and oxygen atoms in total. The van der Waals surface area contributed by atoms with Gasteiger partial charge in [-0.05, 0) is 36.8 Å². The van der Waals surface area contributed by atoms with Crippen molar-refractivity contribution in [3.8, 4) is 6.07 Å². The van der Waals surface area contributed by atoms with Gasteiger partial charge in [-0.25, -0.2) is 4.79 Å². The smallest absolute Gasteiger partial charge is 0.337 e. The monoisotopic (exact) mass is 287 g/mol. The van der Waals surface area contributed by atoms with E-state index in [1.165, 1.54) is 7.11 Å². The number of rotatable bonds is 2. The van der Waals surface area contributed by atoms with Crippen LogP contribution in [0.5, 0.6) is 0 Å². The number of nitrogens with zero attached hydrogens (tertiary/aromatic N) is 1. The minimum Gasteiger partial charge on any atom is -0.466 e. The van der Waals surface area contributed by atoms with Crippen LogP contribution in [0.15, 0.2) is 35.5 Å². The molecule has 1 aromatic rings. The lowest BCUT2D eigenvalue weighted by molar-refractivity contribution is -0.136. The second-order valence-corrected chi connectivity index (χ2v) is 4.70. The van der Waals surface area contributed by atoms with Crippen molar-refractivity contribution >= 4 is 23.3 Å². The lowest BCUT2D eigenvalue weighted by Crippen LogP contribution is -2.45. The number of methoxy groups -OCH3 is 1. The highest BCUT2D eigenvalue weighted by Gasteiger charge is 2.30. The Kier molecular flexibility index (Phi) is 4.01. The summed E-state index contributed by atoms with van der Waals surface area (Å²) in [6, 6.07) is 8.66. The van der Waals surface area contributed by atoms with Crippen LogP contribution in [0.25, 0.3) is 0 Å². The standard InChI is InChI=1S/C14H13N3O2S/c1-8-11(13(18)19-2)12(17-14(20)16-8)10-5-3-9(7-15)4-6-10/h3-6,12H,1-2H3,(H2,16,17,20). The molecule has 0 saturated heterocycles. The van der Waals surface area contributed by atoms with E-state index in [9.17, 15) is 4.79 Å². The number of nitrogens with one attached hydrogen (secondary N) is 2. The van der Waals surface area contributed by atoms with E-state index in [1.54, 1.807) is 31.2 Å². The molecule has 0 aliphatic carbocycles. The van der Waals surface area contributed by atoms with Crippen molar-refractivity contribution in [3.63, 3.8) is 0 Å². The highest BCUT2D eigenvalue weighted by molar-refractivity contribution is 7.80. The van der Waals surface area contributed by atoms with Gasteiger partial charge >= 0.3 is 5.97 Å². The Bertz CT molecular complexity index is 629. The van der Waals surface area contributed by atoms with E-state index in [2.05, 4.69) is 16.7 Å². The van der Waals surface area contributed by atoms with Gasteiger partial charge in [0.15, 0.2) is 5.11 Å². The van der Waals surface area contributed by atoms with E-state index in [-0.39, 0.29) is 6.04 Å². The first kappa shape index (κ1) is 14.0. The number of ether oxygens (including phenoxy) is 1. The predicted octanol–water partition coefficient (Wildman–Crippen LogP) is 1.52. The Morgan fingerprint density at radius 2 is 2.05 bits per heavy atom. The van der Waals surface area contributed by atoms with Crippen LogP contribution in [0, 0.1) is 11.3 Å². The number of carbonyl (C=O) groups is 1. The summed E-state index contributed by atoms with van der Waals surface area (Å²) in [4.78, 5) is 11.9. The number of hydrogen-bond donors (Lipinski definition) is 2. The minimum absolute atomic E-state index is 0.385. The Hall–Kier alpha value is -2.39. The lowest BCUT2D eigenvalue weighted by Gasteiger charge is -2.29. The highest BCUT2D eigenvalue weighted by Crippen LogP contribution is 2.27. The minimum atomic E-state index is -0.417. The zero-order valence-corrected chi connectivity index (χ0v) is 11.9. The average molecular weight is 287 g/mol. The predicted molar refractivity (Wildman–Crippen MR) is 77.5 cm³/mol. The molecule has 0 bridgehead atoms. The summed E-state index contributed by atoms with van der Waals surface area (Å²) in [7, 11) is 1.34. The van der Waals surface area contributed by atoms with Crippen molar-refractivity contribution in [2.45, 2.75) is 13.0 Å². The first-order valence-corrected chi connectivity index (χ1v) is 6.34. The van der Waals surface area contributed by atoms with E-state index in [4.69, 9.17) is 22.2 Å². The first-order valence-electron chi connectivity index (χ1n) is 5.93. The van der Waals surface area contributed by atoms with Gasteiger partial charge in [-0.3, -0.25) is 0 Å². The van der Waals surface area contributed by atoms with Crippen LogP contribution in [-0.2, 0) is 9.53 Å². The molecule has 2 N–H and O–H groups in total. The van der Waals surface area contributed by atoms with Gasteiger partial charge < -0.3 is 15.4 Å². The number of esters is 1. The number of benzene rings is 1. The molecule has 0 amide bonds. The fraction of sp³-hybridized carbons (Fsp3) is 0.214. The van der Waals surface area contributed by atoms with Crippen molar-refractivity contribution in [2.24, 2.45) is 0 Å². The molecule has 1 aliphatic rings. The van der Waals surface area contributed by atoms with Crippen LogP contribution in [0.4, 0.5) is 0 Å². The molecule has 1 aromatic carbocycles. The topological polar surface area (TPSA) is 74.2 Å². The molecule has 2 rings (SSSR count). The zero-order chi connectivity index (χ0) is 14.7. The maximum absolute atomic E-state index is 11.9. The molecule has 1 unspecified atom stereocenters. The number of hydrogen-bond acceptors (Lipinski definition) is 4. The van der Waals surface area contributed by atoms with Gasteiger partial charge in [0, 0.05) is 5.70 Å². The van der Waals surface area contributed by atoms with Crippen molar-refractivity contribution in [2.75, 3.05) is 7.11 Å². The molecule has 102 valence electrons. The molecule has 0 saturated carbocycles. The van der Waals surface area contributed by atoms with Crippen molar-refractivity contribution in [1.29, 1.82) is 5.26 Å². The molecule has 0 aromatic heterocycles. The summed E-state index contributed by atoms with van der Waals surface area (Å²) in [5, 5.41) is 15.2. The van der Waals surface area contributed by atoms with Gasteiger partial charge in [0.05, 0.1) is 30.4 Å². The fourth-order valence-corrected chi connectivity index (χ4v) is 2.35. The number of carbonyl (C=O) groups excluding carboxylic acids is 1. The Morgan fingerprint density at radius 1 is 1.40 bits per heavy atom. The molecule has 20 heavy (non-hydrogen) atoms. The van der Waals surface area contributed by atoms with Gasteiger partial charge in [-0.15, -0.1) is 0 Å². The van der Waals surface area contributed by atoms with Crippen molar-refractivity contribution in [1.82, 2.24) is 10.6 Å². The average Bonchev–Trinajstić information content (AvgIpc) is 2.46. The summed E-state index contributed by atoms with van der Waals surface area (Å²) >= 11 is 5.12. The van der Waals surface area contributed by atoms with E-state index in [1.807, 2.05) is 0 Å². The molecule has 1 atom stereocenters. The maximum atomic E-state index is 11.9. The molecule has 0 radical (unpaired) electrons. The van der Waals surface area contributed by atoms with Crippen LogP contribution in [0.1, 0.15) is 24.1 Å². The van der Waals surface area contributed by atoms with Gasteiger partial charge in [0.1, 0.15) is 0 Å². The van der Waals surface area contributed by atoms with E-state index >= 15 is 0 Å². The van der Waals surface area contributed by atoms with Crippen LogP contribution in [0.3, 0.4) is 0 Å². The lowest BCUT2D eigenvalue weighted by atomic mass is 9.95. The molecular weight excluding hydrogens is 274 g/mol. The Labute approximate surface area is 122 Å². The molecule has 1 aliphatic heterocycles. The van der Waals surface area contributed by atoms with E-state index in [0.717, 1.165) is 5.56 Å². The number of nitriles is 1. The van der Waals surface area contributed by atoms with Crippen LogP contribution in [0.2, 0.25) is 0 Å². The molecule has 6 heteroatoms. The normalized spacial score (nSPS) is 17.9. The second-order valence-electron chi connectivity index (χ2n) is 4.30. The van der Waals surface area contributed by atoms with Gasteiger partial charge in [0.25, 0.3) is 0 Å². The fourth-order valence-electron chi connectivity index (χ4n) is 2.07. The van der Waals surface area contributed by atoms with Crippen molar-refractivity contribution < 1.29 is 9.53 Å². The zero-order valence-electron chi connectivity index (χ0n) is 11.1. The number of allylic oxidation sites excluding steroid dienone is 1. The Balaban J connectivity index is 2.45. The third kappa shape index (κ3) is 2.63. The summed E-state index contributed by atoms with van der Waals surface area (Å²) < 4.78 is 4.82. The summed E-state index contributed by atoms with van der Waals surface area (Å²) in [5.74, 6) is -0.417. The van der Waals surface area contributed by atoms with Gasteiger partial charge in [0.2, 0.25) is 0 Å². The van der Waals surface area contributed by atoms with E-state index < -0.39 is 5.97 Å². The van der Waals surface area contributed by atoms with Crippen LogP contribution in [-0.4, -0.2) is 18.2 Å². The summed E-state index contributed by atoms with van der Waals surface area (Å²) in [6.45, 7) is 1.77. The summed E-state index contributed by atoms with van der Waals surface area (Å²) in [6.07, 6.45) is 0. The number of thiocarbonyl (C=S) groups is 1. The summed E-state index contributed by atoms with van der Waals surface area (Å²) in [5.41, 5.74) is 2.54. The van der Waals surface area contributed by atoms with Gasteiger partial charge in [-0.1, -0.05) is 12.1 Å². The maximum Gasteiger partial charge on any atom is 0.337 e. The van der Waals surface area contributed by atoms with E-state index in [0.29, 0.717) is 21.9 Å². The Morgan fingerprint density at radius 3 is 2.60 bits per heavy atom. The SMILES string of the molecule is COC(=O)C1=C(C)NC(=S)NC1c1ccc(C#N)cc1. The molecule has 0 fully saturated rings. The van der Waals surface area contributed by atoms with Crippen molar-refractivity contribution in [3.05, 3.63) is 46.7 Å². The highest BCUT2D eigenvalue weighted by atomic mass is 32.1. The van der Waals surface area contributed by atoms with Crippen LogP contribution >= 0.6 is 12.2 Å². The molecule has 0 spiro atoms. The van der Waals surface area contributed by atoms with Crippen LogP contribution < -0.4 is 10.6 Å². The largest absolute Gasteiger partial charge is 0.466 e. The quantitative estimate of drug-likeness (QED) is 0.634. The van der Waals surface area contributed by atoms with Gasteiger partial charge in [-0.2, -0.15) is 5.26 Å². The second kappa shape index (κ2) is 5.72.